The summed E-state index contributed by atoms with van der Waals surface area (Å²) in [5, 5.41) is 0. The van der Waals surface area contributed by atoms with Crippen LogP contribution in [0, 0.1) is 0 Å². The van der Waals surface area contributed by atoms with Gasteiger partial charge in [-0.25, -0.2) is 9.30 Å². The Bertz CT molecular complexity index is 893. The molecule has 0 fully saturated rings. The number of H-pyrrole nitrogens is 1. The molecule has 0 radical (unpaired) electrons. The number of aliphatic imine (C=N–C) groups is 1. The molecule has 2 heterocycles. The average molecular weight is 369 g/mol. The van der Waals surface area contributed by atoms with Crippen molar-refractivity contribution in [3.05, 3.63) is 51.9 Å². The summed E-state index contributed by atoms with van der Waals surface area (Å²) in [6.45, 7) is -0.847. The van der Waals surface area contributed by atoms with Gasteiger partial charge in [0.05, 0.1) is 5.69 Å². The smallest absolute Gasteiger partial charge is 0.398 e. The second-order valence-electron chi connectivity index (χ2n) is 5.43. The van der Waals surface area contributed by atoms with Crippen molar-refractivity contribution in [2.75, 3.05) is 12.3 Å². The van der Waals surface area contributed by atoms with Crippen molar-refractivity contribution in [3.63, 3.8) is 0 Å². The first-order chi connectivity index (χ1) is 11.7. The fourth-order valence-corrected chi connectivity index (χ4v) is 3.51. The average Bonchev–Trinajstić information content (AvgIpc) is 2.86. The molecule has 0 aliphatic carbocycles. The molecule has 0 bridgehead atoms. The molecule has 1 aromatic carbocycles. The van der Waals surface area contributed by atoms with Crippen LogP contribution in [-0.2, 0) is 6.54 Å². The number of aromatic nitrogens is 1. The van der Waals surface area contributed by atoms with E-state index in [2.05, 4.69) is 9.98 Å². The van der Waals surface area contributed by atoms with Crippen LogP contribution in [0.2, 0.25) is 0 Å². The van der Waals surface area contributed by atoms with E-state index < -0.39 is 18.3 Å². The minimum absolute atomic E-state index is 0.0582. The number of hydrogen-bond acceptors (Lipinski definition) is 5. The number of rotatable bonds is 3. The van der Waals surface area contributed by atoms with Gasteiger partial charge in [-0.1, -0.05) is 0 Å². The van der Waals surface area contributed by atoms with Gasteiger partial charge in [0.2, 0.25) is 0 Å². The summed E-state index contributed by atoms with van der Waals surface area (Å²) >= 11 is 1.05. The minimum atomic E-state index is -4.26. The summed E-state index contributed by atoms with van der Waals surface area (Å²) in [7, 11) is 0. The van der Waals surface area contributed by atoms with E-state index in [-0.39, 0.29) is 23.6 Å². The molecular weight excluding hydrogens is 355 g/mol. The van der Waals surface area contributed by atoms with Crippen LogP contribution in [0.1, 0.15) is 11.1 Å². The Morgan fingerprint density at radius 2 is 2.12 bits per heavy atom. The highest BCUT2D eigenvalue weighted by Crippen LogP contribution is 2.39. The third-order valence-electron chi connectivity index (χ3n) is 3.47. The number of nitrogens with two attached hydrogens (primary N) is 2. The van der Waals surface area contributed by atoms with Gasteiger partial charge >= 0.3 is 6.18 Å². The van der Waals surface area contributed by atoms with Crippen LogP contribution in [0.4, 0.5) is 24.5 Å². The Morgan fingerprint density at radius 3 is 2.80 bits per heavy atom. The first kappa shape index (κ1) is 17.4. The van der Waals surface area contributed by atoms with Crippen molar-refractivity contribution in [1.82, 2.24) is 9.29 Å². The quantitative estimate of drug-likeness (QED) is 0.438. The number of anilines is 1. The van der Waals surface area contributed by atoms with E-state index in [1.165, 1.54) is 16.6 Å². The summed E-state index contributed by atoms with van der Waals surface area (Å²) in [5.41, 5.74) is 12.6. The molecule has 2 aromatic rings. The number of nitrogens with zero attached hydrogens (tertiary/aromatic N) is 2. The Labute approximate surface area is 144 Å². The van der Waals surface area contributed by atoms with E-state index >= 15 is 0 Å². The van der Waals surface area contributed by atoms with Crippen molar-refractivity contribution in [2.45, 2.75) is 17.6 Å². The third kappa shape index (κ3) is 3.97. The van der Waals surface area contributed by atoms with Gasteiger partial charge in [0.15, 0.2) is 0 Å². The zero-order chi connectivity index (χ0) is 18.2. The van der Waals surface area contributed by atoms with Crippen molar-refractivity contribution in [2.24, 2.45) is 10.7 Å². The van der Waals surface area contributed by atoms with Crippen LogP contribution >= 0.6 is 11.9 Å². The fourth-order valence-electron chi connectivity index (χ4n) is 2.45. The van der Waals surface area contributed by atoms with Gasteiger partial charge in [0, 0.05) is 23.3 Å². The van der Waals surface area contributed by atoms with Gasteiger partial charge in [-0.2, -0.15) is 13.2 Å². The number of nitrogens with one attached hydrogen (secondary N) is 1. The molecule has 0 saturated heterocycles. The predicted octanol–water partition coefficient (Wildman–Crippen LogP) is 2.38. The molecule has 10 heteroatoms. The second kappa shape index (κ2) is 6.45. The Kier molecular flexibility index (Phi) is 4.48. The Balaban J connectivity index is 1.85. The molecule has 1 aromatic heterocycles. The largest absolute Gasteiger partial charge is 0.402 e. The highest BCUT2D eigenvalue weighted by Gasteiger charge is 2.34. The first-order valence-electron chi connectivity index (χ1n) is 7.17. The third-order valence-corrected chi connectivity index (χ3v) is 4.58. The first-order valence-corrected chi connectivity index (χ1v) is 7.94. The molecule has 6 nitrogen and oxygen atoms in total. The summed E-state index contributed by atoms with van der Waals surface area (Å²) < 4.78 is 38.7. The van der Waals surface area contributed by atoms with Crippen molar-refractivity contribution >= 4 is 29.2 Å². The lowest BCUT2D eigenvalue weighted by molar-refractivity contribution is -0.135. The van der Waals surface area contributed by atoms with Gasteiger partial charge in [-0.05, 0) is 41.8 Å². The molecule has 0 saturated carbocycles. The molecule has 0 spiro atoms. The van der Waals surface area contributed by atoms with Crippen LogP contribution in [0.3, 0.4) is 0 Å². The van der Waals surface area contributed by atoms with Gasteiger partial charge < -0.3 is 16.5 Å². The molecule has 5 N–H and O–H groups in total. The lowest BCUT2D eigenvalue weighted by atomic mass is 10.2. The number of aromatic amines is 1. The molecule has 0 atom stereocenters. The summed E-state index contributed by atoms with van der Waals surface area (Å²) in [5.74, 6) is -0.0582. The molecular formula is C15H14F3N5OS. The van der Waals surface area contributed by atoms with Crippen molar-refractivity contribution in [1.29, 1.82) is 0 Å². The normalized spacial score (nSPS) is 15.4. The minimum Gasteiger partial charge on any atom is -0.398 e. The number of pyridine rings is 1. The highest BCUT2D eigenvalue weighted by atomic mass is 32.2. The van der Waals surface area contributed by atoms with Gasteiger partial charge in [-0.3, -0.25) is 4.79 Å². The number of hydrogen-bond donors (Lipinski definition) is 3. The number of amidine groups is 1. The van der Waals surface area contributed by atoms with Gasteiger partial charge in [-0.15, -0.1) is 0 Å². The molecule has 25 heavy (non-hydrogen) atoms. The molecule has 0 unspecified atom stereocenters. The Hall–Kier alpha value is -2.46. The van der Waals surface area contributed by atoms with Crippen molar-refractivity contribution in [3.8, 4) is 0 Å². The number of halogens is 3. The molecule has 1 aliphatic rings. The second-order valence-corrected chi connectivity index (χ2v) is 6.57. The fraction of sp³-hybridized carbons (Fsp3) is 0.200. The van der Waals surface area contributed by atoms with Gasteiger partial charge in [0.25, 0.3) is 5.56 Å². The van der Waals surface area contributed by atoms with Crippen LogP contribution < -0.4 is 17.0 Å². The number of benzene rings is 1. The van der Waals surface area contributed by atoms with Crippen LogP contribution in [0.5, 0.6) is 0 Å². The number of fused-ring (bicyclic) bond motifs is 1. The molecule has 132 valence electrons. The lowest BCUT2D eigenvalue weighted by Gasteiger charge is -2.15. The SMILES string of the molecule is NC(=Nc1ccc2c(c1)CN(CC(F)(F)F)S2)c1c(N)cc[nH]c1=O. The Morgan fingerprint density at radius 1 is 1.36 bits per heavy atom. The predicted molar refractivity (Wildman–Crippen MR) is 90.6 cm³/mol. The molecule has 0 amide bonds. The van der Waals surface area contributed by atoms with Crippen LogP contribution in [0.25, 0.3) is 0 Å². The van der Waals surface area contributed by atoms with Crippen molar-refractivity contribution < 1.29 is 13.2 Å². The number of alkyl halides is 3. The van der Waals surface area contributed by atoms with Gasteiger partial charge in [0.1, 0.15) is 17.9 Å². The summed E-state index contributed by atoms with van der Waals surface area (Å²) in [4.78, 5) is 19.2. The molecule has 3 rings (SSSR count). The van der Waals surface area contributed by atoms with E-state index in [1.807, 2.05) is 0 Å². The maximum atomic E-state index is 12.5. The summed E-state index contributed by atoms with van der Waals surface area (Å²) in [6, 6.07) is 6.45. The number of nitrogen functional groups attached to an aromatic ring is 1. The lowest BCUT2D eigenvalue weighted by Crippen LogP contribution is -2.26. The van der Waals surface area contributed by atoms with E-state index in [0.29, 0.717) is 5.69 Å². The van der Waals surface area contributed by atoms with Crippen LogP contribution in [-0.4, -0.2) is 27.8 Å². The zero-order valence-corrected chi connectivity index (χ0v) is 13.6. The van der Waals surface area contributed by atoms with E-state index in [1.54, 1.807) is 18.2 Å². The summed E-state index contributed by atoms with van der Waals surface area (Å²) in [6.07, 6.45) is -2.86. The monoisotopic (exact) mass is 369 g/mol. The molecule has 1 aliphatic heterocycles. The van der Waals surface area contributed by atoms with Crippen LogP contribution in [0.15, 0.2) is 45.1 Å². The zero-order valence-electron chi connectivity index (χ0n) is 12.8. The van der Waals surface area contributed by atoms with E-state index in [0.717, 1.165) is 22.4 Å². The van der Waals surface area contributed by atoms with E-state index in [4.69, 9.17) is 11.5 Å². The maximum Gasteiger partial charge on any atom is 0.402 e. The maximum absolute atomic E-state index is 12.5. The van der Waals surface area contributed by atoms with E-state index in [9.17, 15) is 18.0 Å². The topological polar surface area (TPSA) is 100 Å². The standard InChI is InChI=1S/C15H14F3N5OS/c16-15(17,18)7-23-6-8-5-9(1-2-11(8)25-23)22-13(20)12-10(19)3-4-21-14(12)24/h1-5H,6-7H2,(H2,20,22)(H3,19,21,24). The highest BCUT2D eigenvalue weighted by molar-refractivity contribution is 7.97.